The zero-order valence-corrected chi connectivity index (χ0v) is 16.3. The van der Waals surface area contributed by atoms with Crippen LogP contribution < -0.4 is 5.32 Å². The lowest BCUT2D eigenvalue weighted by molar-refractivity contribution is -0.126. The molecular weight excluding hydrogens is 357 g/mol. The molecule has 3 rings (SSSR count). The molecule has 0 aliphatic carbocycles. The van der Waals surface area contributed by atoms with Gasteiger partial charge in [-0.15, -0.1) is 0 Å². The summed E-state index contributed by atoms with van der Waals surface area (Å²) in [6, 6.07) is 13.8. The highest BCUT2D eigenvalue weighted by molar-refractivity contribution is 5.94. The van der Waals surface area contributed by atoms with E-state index >= 15 is 0 Å². The zero-order chi connectivity index (χ0) is 20.1. The van der Waals surface area contributed by atoms with Gasteiger partial charge < -0.3 is 10.2 Å². The summed E-state index contributed by atoms with van der Waals surface area (Å²) in [6.07, 6.45) is 0. The molecule has 0 radical (unpaired) electrons. The smallest absolute Gasteiger partial charge is 0.256 e. The summed E-state index contributed by atoms with van der Waals surface area (Å²) < 4.78 is 13.8. The van der Waals surface area contributed by atoms with Crippen LogP contribution in [0, 0.1) is 12.7 Å². The van der Waals surface area contributed by atoms with E-state index in [-0.39, 0.29) is 23.4 Å². The second-order valence-electron chi connectivity index (χ2n) is 7.19. The third-order valence-corrected chi connectivity index (χ3v) is 5.22. The summed E-state index contributed by atoms with van der Waals surface area (Å²) >= 11 is 0. The van der Waals surface area contributed by atoms with Gasteiger partial charge in [0, 0.05) is 32.7 Å². The first kappa shape index (κ1) is 20.0. The van der Waals surface area contributed by atoms with Crippen LogP contribution in [0.4, 0.5) is 4.39 Å². The zero-order valence-electron chi connectivity index (χ0n) is 16.3. The van der Waals surface area contributed by atoms with Crippen LogP contribution in [0.15, 0.2) is 48.5 Å². The second kappa shape index (κ2) is 8.97. The Bertz CT molecular complexity index is 830. The number of halogens is 1. The quantitative estimate of drug-likeness (QED) is 0.864. The second-order valence-corrected chi connectivity index (χ2v) is 7.19. The summed E-state index contributed by atoms with van der Waals surface area (Å²) in [5.41, 5.74) is 2.34. The Kier molecular flexibility index (Phi) is 6.41. The van der Waals surface area contributed by atoms with Crippen LogP contribution in [0.25, 0.3) is 0 Å². The number of nitrogens with one attached hydrogen (secondary N) is 1. The molecular formula is C22H26FN3O2. The van der Waals surface area contributed by atoms with Crippen molar-refractivity contribution in [3.8, 4) is 0 Å². The van der Waals surface area contributed by atoms with Crippen LogP contribution in [0.2, 0.25) is 0 Å². The number of rotatable bonds is 5. The van der Waals surface area contributed by atoms with Gasteiger partial charge in [0.1, 0.15) is 5.82 Å². The number of carbonyl (C=O) groups excluding carboxylic acids is 2. The lowest BCUT2D eigenvalue weighted by Gasteiger charge is -2.37. The topological polar surface area (TPSA) is 52.7 Å². The molecule has 6 heteroatoms. The first-order chi connectivity index (χ1) is 13.5. The van der Waals surface area contributed by atoms with Gasteiger partial charge in [-0.05, 0) is 31.5 Å². The number of aryl methyl sites for hydroxylation is 1. The molecule has 1 heterocycles. The van der Waals surface area contributed by atoms with Crippen molar-refractivity contribution >= 4 is 11.8 Å². The lowest BCUT2D eigenvalue weighted by atomic mass is 10.1. The summed E-state index contributed by atoms with van der Waals surface area (Å²) in [5, 5.41) is 2.97. The average Bonchev–Trinajstić information content (AvgIpc) is 2.72. The van der Waals surface area contributed by atoms with Crippen LogP contribution >= 0.6 is 0 Å². The normalized spacial score (nSPS) is 15.9. The highest BCUT2D eigenvalue weighted by atomic mass is 19.1. The fourth-order valence-corrected chi connectivity index (χ4v) is 3.33. The van der Waals surface area contributed by atoms with Gasteiger partial charge in [-0.25, -0.2) is 4.39 Å². The van der Waals surface area contributed by atoms with E-state index in [0.29, 0.717) is 32.7 Å². The fourth-order valence-electron chi connectivity index (χ4n) is 3.33. The van der Waals surface area contributed by atoms with Crippen molar-refractivity contribution in [1.29, 1.82) is 0 Å². The number of hydrogen-bond donors (Lipinski definition) is 1. The molecule has 0 aromatic heterocycles. The maximum Gasteiger partial charge on any atom is 0.256 e. The van der Waals surface area contributed by atoms with E-state index in [9.17, 15) is 14.0 Å². The van der Waals surface area contributed by atoms with Gasteiger partial charge in [0.15, 0.2) is 0 Å². The average molecular weight is 383 g/mol. The molecule has 1 atom stereocenters. The monoisotopic (exact) mass is 383 g/mol. The molecule has 1 N–H and O–H groups in total. The van der Waals surface area contributed by atoms with Crippen molar-refractivity contribution in [2.45, 2.75) is 26.4 Å². The van der Waals surface area contributed by atoms with Crippen LogP contribution in [0.3, 0.4) is 0 Å². The molecule has 148 valence electrons. The predicted molar refractivity (Wildman–Crippen MR) is 106 cm³/mol. The van der Waals surface area contributed by atoms with Gasteiger partial charge >= 0.3 is 0 Å². The Morgan fingerprint density at radius 3 is 2.32 bits per heavy atom. The SMILES string of the molecule is Cc1ccc(CNC(=O)C(C)N2CCN(C(=O)c3ccccc3F)CC2)cc1. The van der Waals surface area contributed by atoms with Gasteiger partial charge in [-0.3, -0.25) is 14.5 Å². The molecule has 1 saturated heterocycles. The van der Waals surface area contributed by atoms with Crippen LogP contribution in [0.5, 0.6) is 0 Å². The number of hydrogen-bond acceptors (Lipinski definition) is 3. The third kappa shape index (κ3) is 4.75. The van der Waals surface area contributed by atoms with E-state index in [1.807, 2.05) is 38.1 Å². The van der Waals surface area contributed by atoms with Crippen molar-refractivity contribution in [3.05, 3.63) is 71.0 Å². The molecule has 0 bridgehead atoms. The first-order valence-electron chi connectivity index (χ1n) is 9.57. The van der Waals surface area contributed by atoms with E-state index in [4.69, 9.17) is 0 Å². The predicted octanol–water partition coefficient (Wildman–Crippen LogP) is 2.60. The molecule has 1 aliphatic rings. The Balaban J connectivity index is 1.49. The van der Waals surface area contributed by atoms with Crippen molar-refractivity contribution in [1.82, 2.24) is 15.1 Å². The molecule has 1 aliphatic heterocycles. The van der Waals surface area contributed by atoms with E-state index in [0.717, 1.165) is 5.56 Å². The Morgan fingerprint density at radius 1 is 1.04 bits per heavy atom. The molecule has 2 aromatic carbocycles. The van der Waals surface area contributed by atoms with Crippen molar-refractivity contribution in [2.75, 3.05) is 26.2 Å². The number of carbonyl (C=O) groups is 2. The number of nitrogens with zero attached hydrogens (tertiary/aromatic N) is 2. The molecule has 0 spiro atoms. The molecule has 1 unspecified atom stereocenters. The van der Waals surface area contributed by atoms with E-state index in [2.05, 4.69) is 10.2 Å². The Hall–Kier alpha value is -2.73. The molecule has 28 heavy (non-hydrogen) atoms. The van der Waals surface area contributed by atoms with Crippen LogP contribution in [-0.2, 0) is 11.3 Å². The molecule has 2 amide bonds. The standard InChI is InChI=1S/C22H26FN3O2/c1-16-7-9-18(10-8-16)15-24-21(27)17(2)25-11-13-26(14-12-25)22(28)19-5-3-4-6-20(19)23/h3-10,17H,11-15H2,1-2H3,(H,24,27). The minimum atomic E-state index is -0.501. The largest absolute Gasteiger partial charge is 0.351 e. The van der Waals surface area contributed by atoms with Crippen molar-refractivity contribution in [2.24, 2.45) is 0 Å². The van der Waals surface area contributed by atoms with Crippen LogP contribution in [0.1, 0.15) is 28.4 Å². The van der Waals surface area contributed by atoms with Gasteiger partial charge in [-0.1, -0.05) is 42.0 Å². The maximum atomic E-state index is 13.8. The van der Waals surface area contributed by atoms with Gasteiger partial charge in [0.05, 0.1) is 11.6 Å². The van der Waals surface area contributed by atoms with Gasteiger partial charge in [0.25, 0.3) is 5.91 Å². The van der Waals surface area contributed by atoms with Crippen molar-refractivity contribution in [3.63, 3.8) is 0 Å². The van der Waals surface area contributed by atoms with Gasteiger partial charge in [-0.2, -0.15) is 0 Å². The lowest BCUT2D eigenvalue weighted by Crippen LogP contribution is -2.55. The Labute approximate surface area is 165 Å². The summed E-state index contributed by atoms with van der Waals surface area (Å²) in [6.45, 7) is 6.51. The maximum absolute atomic E-state index is 13.8. The molecule has 2 aromatic rings. The molecule has 5 nitrogen and oxygen atoms in total. The first-order valence-corrected chi connectivity index (χ1v) is 9.57. The van der Waals surface area contributed by atoms with Crippen molar-refractivity contribution < 1.29 is 14.0 Å². The van der Waals surface area contributed by atoms with E-state index in [1.54, 1.807) is 17.0 Å². The Morgan fingerprint density at radius 2 is 1.68 bits per heavy atom. The molecule has 1 fully saturated rings. The number of piperazine rings is 1. The summed E-state index contributed by atoms with van der Waals surface area (Å²) in [5.74, 6) is -0.831. The molecule has 0 saturated carbocycles. The highest BCUT2D eigenvalue weighted by Crippen LogP contribution is 2.14. The summed E-state index contributed by atoms with van der Waals surface area (Å²) in [4.78, 5) is 28.7. The fraction of sp³-hybridized carbons (Fsp3) is 0.364. The number of amides is 2. The third-order valence-electron chi connectivity index (χ3n) is 5.22. The van der Waals surface area contributed by atoms with E-state index < -0.39 is 5.82 Å². The number of benzene rings is 2. The van der Waals surface area contributed by atoms with E-state index in [1.165, 1.54) is 17.7 Å². The summed E-state index contributed by atoms with van der Waals surface area (Å²) in [7, 11) is 0. The minimum absolute atomic E-state index is 0.0329. The minimum Gasteiger partial charge on any atom is -0.351 e. The highest BCUT2D eigenvalue weighted by Gasteiger charge is 2.28. The van der Waals surface area contributed by atoms with Crippen LogP contribution in [-0.4, -0.2) is 53.8 Å². The van der Waals surface area contributed by atoms with Gasteiger partial charge in [0.2, 0.25) is 5.91 Å².